The second-order valence-corrected chi connectivity index (χ2v) is 3.19. The molecule has 0 unspecified atom stereocenters. The maximum Gasteiger partial charge on any atom is 0.319 e. The van der Waals surface area contributed by atoms with E-state index in [9.17, 15) is 9.59 Å². The summed E-state index contributed by atoms with van der Waals surface area (Å²) in [6, 6.07) is 7.72. The molecule has 2 rings (SSSR count). The van der Waals surface area contributed by atoms with Crippen LogP contribution in [0.15, 0.2) is 36.5 Å². The van der Waals surface area contributed by atoms with Gasteiger partial charge in [-0.15, -0.1) is 0 Å². The Morgan fingerprint density at radius 2 is 2.00 bits per heavy atom. The first-order valence-corrected chi connectivity index (χ1v) is 4.63. The van der Waals surface area contributed by atoms with Crippen LogP contribution in [0.4, 0.5) is 4.79 Å². The SMILES string of the molecule is NC(=O)NC(=O)c1cccc2ncccc12. The number of nitrogens with two attached hydrogens (primary N) is 1. The van der Waals surface area contributed by atoms with Crippen LogP contribution >= 0.6 is 0 Å². The third-order valence-corrected chi connectivity index (χ3v) is 2.13. The van der Waals surface area contributed by atoms with Crippen molar-refractivity contribution in [2.45, 2.75) is 0 Å². The first-order chi connectivity index (χ1) is 7.68. The lowest BCUT2D eigenvalue weighted by atomic mass is 10.1. The molecule has 0 bridgehead atoms. The van der Waals surface area contributed by atoms with Crippen LogP contribution in [0.1, 0.15) is 10.4 Å². The van der Waals surface area contributed by atoms with E-state index in [2.05, 4.69) is 4.98 Å². The molecule has 80 valence electrons. The number of amides is 3. The molecule has 16 heavy (non-hydrogen) atoms. The fourth-order valence-electron chi connectivity index (χ4n) is 1.48. The Bertz CT molecular complexity index is 561. The van der Waals surface area contributed by atoms with E-state index in [0.717, 1.165) is 0 Å². The summed E-state index contributed by atoms with van der Waals surface area (Å²) in [6.45, 7) is 0. The van der Waals surface area contributed by atoms with Crippen molar-refractivity contribution >= 4 is 22.8 Å². The highest BCUT2D eigenvalue weighted by atomic mass is 16.2. The third kappa shape index (κ3) is 1.83. The normalized spacial score (nSPS) is 10.0. The van der Waals surface area contributed by atoms with Gasteiger partial charge in [-0.3, -0.25) is 15.1 Å². The van der Waals surface area contributed by atoms with Gasteiger partial charge in [-0.2, -0.15) is 0 Å². The van der Waals surface area contributed by atoms with Crippen molar-refractivity contribution in [2.24, 2.45) is 5.73 Å². The second kappa shape index (κ2) is 3.98. The molecule has 0 aliphatic heterocycles. The third-order valence-electron chi connectivity index (χ3n) is 2.13. The van der Waals surface area contributed by atoms with Gasteiger partial charge in [0.1, 0.15) is 0 Å². The number of fused-ring (bicyclic) bond motifs is 1. The Hall–Kier alpha value is -2.43. The van der Waals surface area contributed by atoms with E-state index >= 15 is 0 Å². The topological polar surface area (TPSA) is 85.1 Å². The van der Waals surface area contributed by atoms with Gasteiger partial charge in [-0.05, 0) is 18.2 Å². The van der Waals surface area contributed by atoms with Gasteiger partial charge in [0.2, 0.25) is 0 Å². The fourth-order valence-corrected chi connectivity index (χ4v) is 1.48. The van der Waals surface area contributed by atoms with E-state index in [1.54, 1.807) is 36.5 Å². The first-order valence-electron chi connectivity index (χ1n) is 4.63. The molecule has 0 aliphatic carbocycles. The number of imide groups is 1. The Labute approximate surface area is 91.3 Å². The van der Waals surface area contributed by atoms with E-state index in [0.29, 0.717) is 16.5 Å². The van der Waals surface area contributed by atoms with E-state index in [1.807, 2.05) is 5.32 Å². The maximum atomic E-state index is 11.6. The summed E-state index contributed by atoms with van der Waals surface area (Å²) in [5.74, 6) is -0.522. The molecule has 0 fully saturated rings. The molecule has 1 aromatic heterocycles. The molecular formula is C11H9N3O2. The van der Waals surface area contributed by atoms with Gasteiger partial charge in [-0.25, -0.2) is 4.79 Å². The molecule has 0 radical (unpaired) electrons. The monoisotopic (exact) mass is 215 g/mol. The number of primary amides is 1. The summed E-state index contributed by atoms with van der Waals surface area (Å²) < 4.78 is 0. The quantitative estimate of drug-likeness (QED) is 0.745. The molecule has 1 heterocycles. The summed E-state index contributed by atoms with van der Waals surface area (Å²) in [7, 11) is 0. The van der Waals surface area contributed by atoms with Gasteiger partial charge in [0, 0.05) is 17.1 Å². The maximum absolute atomic E-state index is 11.6. The highest BCUT2D eigenvalue weighted by molar-refractivity contribution is 6.11. The minimum atomic E-state index is -0.870. The smallest absolute Gasteiger partial charge is 0.319 e. The molecule has 5 nitrogen and oxygen atoms in total. The van der Waals surface area contributed by atoms with Crippen LogP contribution in [0.25, 0.3) is 10.9 Å². The standard InChI is InChI=1S/C11H9N3O2/c12-11(16)14-10(15)8-3-1-5-9-7(8)4-2-6-13-9/h1-6H,(H3,12,14,15,16). The zero-order valence-electron chi connectivity index (χ0n) is 8.31. The van der Waals surface area contributed by atoms with Crippen LogP contribution in [0.5, 0.6) is 0 Å². The van der Waals surface area contributed by atoms with Gasteiger partial charge >= 0.3 is 6.03 Å². The zero-order chi connectivity index (χ0) is 11.5. The van der Waals surface area contributed by atoms with Crippen LogP contribution < -0.4 is 11.1 Å². The molecule has 0 saturated heterocycles. The van der Waals surface area contributed by atoms with Gasteiger partial charge in [0.05, 0.1) is 5.52 Å². The van der Waals surface area contributed by atoms with Crippen molar-refractivity contribution in [1.82, 2.24) is 10.3 Å². The van der Waals surface area contributed by atoms with Crippen molar-refractivity contribution in [3.8, 4) is 0 Å². The van der Waals surface area contributed by atoms with Crippen LogP contribution in [-0.4, -0.2) is 16.9 Å². The molecule has 0 aliphatic rings. The second-order valence-electron chi connectivity index (χ2n) is 3.19. The lowest BCUT2D eigenvalue weighted by Gasteiger charge is -2.04. The Balaban J connectivity index is 2.52. The van der Waals surface area contributed by atoms with Gasteiger partial charge < -0.3 is 5.73 Å². The number of benzene rings is 1. The van der Waals surface area contributed by atoms with Crippen LogP contribution in [0.3, 0.4) is 0 Å². The number of nitrogens with one attached hydrogen (secondary N) is 1. The Morgan fingerprint density at radius 3 is 2.75 bits per heavy atom. The number of nitrogens with zero attached hydrogens (tertiary/aromatic N) is 1. The molecule has 0 atom stereocenters. The summed E-state index contributed by atoms with van der Waals surface area (Å²) in [4.78, 5) is 26.3. The number of aromatic nitrogens is 1. The van der Waals surface area contributed by atoms with Crippen LogP contribution in [-0.2, 0) is 0 Å². The molecule has 0 spiro atoms. The molecule has 1 aromatic carbocycles. The van der Waals surface area contributed by atoms with E-state index in [1.165, 1.54) is 0 Å². The van der Waals surface area contributed by atoms with E-state index < -0.39 is 11.9 Å². The van der Waals surface area contributed by atoms with Crippen LogP contribution in [0.2, 0.25) is 0 Å². The van der Waals surface area contributed by atoms with E-state index in [4.69, 9.17) is 5.73 Å². The Kier molecular flexibility index (Phi) is 2.51. The fraction of sp³-hybridized carbons (Fsp3) is 0. The lowest BCUT2D eigenvalue weighted by molar-refractivity contribution is 0.0968. The summed E-state index contributed by atoms with van der Waals surface area (Å²) in [5.41, 5.74) is 5.96. The molecule has 0 saturated carbocycles. The van der Waals surface area contributed by atoms with E-state index in [-0.39, 0.29) is 0 Å². The zero-order valence-corrected chi connectivity index (χ0v) is 8.31. The number of hydrogen-bond donors (Lipinski definition) is 2. The average Bonchev–Trinajstić information content (AvgIpc) is 2.27. The molecule has 3 N–H and O–H groups in total. The number of carbonyl (C=O) groups is 2. The number of rotatable bonds is 1. The van der Waals surface area contributed by atoms with Crippen molar-refractivity contribution < 1.29 is 9.59 Å². The predicted molar refractivity (Wildman–Crippen MR) is 58.8 cm³/mol. The summed E-state index contributed by atoms with van der Waals surface area (Å²) >= 11 is 0. The first kappa shape index (κ1) is 10.1. The summed E-state index contributed by atoms with van der Waals surface area (Å²) in [5, 5.41) is 2.71. The minimum absolute atomic E-state index is 0.379. The number of pyridine rings is 1. The summed E-state index contributed by atoms with van der Waals surface area (Å²) in [6.07, 6.45) is 1.64. The van der Waals surface area contributed by atoms with Gasteiger partial charge in [-0.1, -0.05) is 12.1 Å². The largest absolute Gasteiger partial charge is 0.351 e. The molecule has 5 heteroatoms. The molecular weight excluding hydrogens is 206 g/mol. The predicted octanol–water partition coefficient (Wildman–Crippen LogP) is 1.04. The molecule has 3 amide bonds. The van der Waals surface area contributed by atoms with Gasteiger partial charge in [0.25, 0.3) is 5.91 Å². The highest BCUT2D eigenvalue weighted by Gasteiger charge is 2.11. The highest BCUT2D eigenvalue weighted by Crippen LogP contribution is 2.15. The number of hydrogen-bond acceptors (Lipinski definition) is 3. The minimum Gasteiger partial charge on any atom is -0.351 e. The number of urea groups is 1. The van der Waals surface area contributed by atoms with Gasteiger partial charge in [0.15, 0.2) is 0 Å². The molecule has 2 aromatic rings. The van der Waals surface area contributed by atoms with Crippen molar-refractivity contribution in [1.29, 1.82) is 0 Å². The number of carbonyl (C=O) groups excluding carboxylic acids is 2. The van der Waals surface area contributed by atoms with Crippen molar-refractivity contribution in [2.75, 3.05) is 0 Å². The average molecular weight is 215 g/mol. The van der Waals surface area contributed by atoms with Crippen molar-refractivity contribution in [3.05, 3.63) is 42.1 Å². The van der Waals surface area contributed by atoms with Crippen LogP contribution in [0, 0.1) is 0 Å². The lowest BCUT2D eigenvalue weighted by Crippen LogP contribution is -2.35. The Morgan fingerprint density at radius 1 is 1.19 bits per heavy atom. The van der Waals surface area contributed by atoms with Crippen molar-refractivity contribution in [3.63, 3.8) is 0 Å².